The van der Waals surface area contributed by atoms with Crippen molar-refractivity contribution in [3.8, 4) is 5.75 Å². The molecule has 0 saturated heterocycles. The highest BCUT2D eigenvalue weighted by atomic mass is 79.9. The van der Waals surface area contributed by atoms with Gasteiger partial charge in [0.15, 0.2) is 6.61 Å². The predicted octanol–water partition coefficient (Wildman–Crippen LogP) is 3.80. The van der Waals surface area contributed by atoms with E-state index in [1.165, 1.54) is 0 Å². The van der Waals surface area contributed by atoms with Crippen LogP contribution in [0.2, 0.25) is 0 Å². The molecule has 0 aromatic heterocycles. The van der Waals surface area contributed by atoms with Crippen molar-refractivity contribution in [2.24, 2.45) is 0 Å². The number of fused-ring (bicyclic) bond motifs is 1. The first-order chi connectivity index (χ1) is 13.6. The van der Waals surface area contributed by atoms with Gasteiger partial charge in [0, 0.05) is 19.5 Å². The zero-order valence-electron chi connectivity index (χ0n) is 15.3. The van der Waals surface area contributed by atoms with Crippen molar-refractivity contribution in [2.45, 2.75) is 13.0 Å². The summed E-state index contributed by atoms with van der Waals surface area (Å²) >= 11 is 3.53. The fraction of sp³-hybridized carbons (Fsp3) is 0.182. The molecule has 3 aromatic rings. The first-order valence-corrected chi connectivity index (χ1v) is 9.80. The minimum absolute atomic E-state index is 0.109. The molecule has 0 aliphatic carbocycles. The highest BCUT2D eigenvalue weighted by Crippen LogP contribution is 2.32. The Hall–Kier alpha value is -2.86. The van der Waals surface area contributed by atoms with Crippen LogP contribution < -0.4 is 15.4 Å². The molecule has 0 aliphatic heterocycles. The third-order valence-corrected chi connectivity index (χ3v) is 5.01. The molecule has 0 radical (unpaired) electrons. The lowest BCUT2D eigenvalue weighted by molar-refractivity contribution is -0.123. The minimum atomic E-state index is -0.268. The molecule has 28 heavy (non-hydrogen) atoms. The molecule has 0 atom stereocenters. The number of hydrogen-bond acceptors (Lipinski definition) is 3. The average molecular weight is 441 g/mol. The quantitative estimate of drug-likeness (QED) is 0.559. The van der Waals surface area contributed by atoms with Gasteiger partial charge in [-0.2, -0.15) is 0 Å². The molecule has 6 heteroatoms. The van der Waals surface area contributed by atoms with Gasteiger partial charge in [0.2, 0.25) is 5.91 Å². The second-order valence-electron chi connectivity index (χ2n) is 6.25. The van der Waals surface area contributed by atoms with Gasteiger partial charge < -0.3 is 15.4 Å². The van der Waals surface area contributed by atoms with Crippen LogP contribution in [0.4, 0.5) is 0 Å². The Balaban J connectivity index is 1.39. The number of amides is 2. The van der Waals surface area contributed by atoms with Crippen LogP contribution in [0.15, 0.2) is 71.2 Å². The maximum atomic E-state index is 12.0. The van der Waals surface area contributed by atoms with E-state index in [2.05, 4.69) is 26.6 Å². The summed E-state index contributed by atoms with van der Waals surface area (Å²) in [5.41, 5.74) is 1.04. The van der Waals surface area contributed by atoms with Crippen LogP contribution in [0, 0.1) is 0 Å². The van der Waals surface area contributed by atoms with E-state index in [9.17, 15) is 9.59 Å². The van der Waals surface area contributed by atoms with Crippen LogP contribution in [-0.2, 0) is 16.1 Å². The lowest BCUT2D eigenvalue weighted by Crippen LogP contribution is -2.33. The summed E-state index contributed by atoms with van der Waals surface area (Å²) in [6.07, 6.45) is 0.220. The molecule has 0 saturated carbocycles. The average Bonchev–Trinajstić information content (AvgIpc) is 2.73. The lowest BCUT2D eigenvalue weighted by atomic mass is 10.1. The van der Waals surface area contributed by atoms with Crippen LogP contribution in [0.5, 0.6) is 5.75 Å². The van der Waals surface area contributed by atoms with Gasteiger partial charge in [0.05, 0.1) is 4.47 Å². The van der Waals surface area contributed by atoms with E-state index in [1.54, 1.807) is 0 Å². The third-order valence-electron chi connectivity index (χ3n) is 4.19. The number of carbonyl (C=O) groups excluding carboxylic acids is 2. The summed E-state index contributed by atoms with van der Waals surface area (Å²) in [5.74, 6) is 0.229. The molecule has 3 rings (SSSR count). The summed E-state index contributed by atoms with van der Waals surface area (Å²) < 4.78 is 6.43. The summed E-state index contributed by atoms with van der Waals surface area (Å²) in [6, 6.07) is 21.4. The van der Waals surface area contributed by atoms with Crippen molar-refractivity contribution in [3.05, 3.63) is 76.8 Å². The van der Waals surface area contributed by atoms with Crippen LogP contribution >= 0.6 is 15.9 Å². The highest BCUT2D eigenvalue weighted by molar-refractivity contribution is 9.10. The van der Waals surface area contributed by atoms with Gasteiger partial charge in [-0.1, -0.05) is 60.7 Å². The molecule has 0 fully saturated rings. The predicted molar refractivity (Wildman–Crippen MR) is 113 cm³/mol. The first kappa shape index (κ1) is 19.9. The molecule has 5 nitrogen and oxygen atoms in total. The largest absolute Gasteiger partial charge is 0.483 e. The second kappa shape index (κ2) is 9.90. The number of halogens is 1. The number of ether oxygens (including phenoxy) is 1. The number of carbonyl (C=O) groups is 2. The molecule has 2 amide bonds. The van der Waals surface area contributed by atoms with Gasteiger partial charge in [-0.3, -0.25) is 9.59 Å². The summed E-state index contributed by atoms with van der Waals surface area (Å²) in [5, 5.41) is 7.64. The van der Waals surface area contributed by atoms with Crippen molar-refractivity contribution in [3.63, 3.8) is 0 Å². The van der Waals surface area contributed by atoms with E-state index in [1.807, 2.05) is 66.7 Å². The van der Waals surface area contributed by atoms with Gasteiger partial charge >= 0.3 is 0 Å². The van der Waals surface area contributed by atoms with Gasteiger partial charge in [0.1, 0.15) is 5.75 Å². The van der Waals surface area contributed by atoms with Gasteiger partial charge in [0.25, 0.3) is 5.91 Å². The van der Waals surface area contributed by atoms with Crippen molar-refractivity contribution in [1.82, 2.24) is 10.6 Å². The van der Waals surface area contributed by atoms with Crippen molar-refractivity contribution in [2.75, 3.05) is 13.2 Å². The Morgan fingerprint density at radius 2 is 1.61 bits per heavy atom. The fourth-order valence-electron chi connectivity index (χ4n) is 2.72. The van der Waals surface area contributed by atoms with Gasteiger partial charge in [-0.15, -0.1) is 0 Å². The molecular weight excluding hydrogens is 420 g/mol. The molecule has 0 heterocycles. The monoisotopic (exact) mass is 440 g/mol. The van der Waals surface area contributed by atoms with E-state index in [0.717, 1.165) is 20.8 Å². The SMILES string of the molecule is O=C(CCNC(=O)COc1ccc2ccccc2c1Br)NCc1ccccc1. The van der Waals surface area contributed by atoms with Crippen LogP contribution in [0.25, 0.3) is 10.8 Å². The Kier molecular flexibility index (Phi) is 7.03. The Morgan fingerprint density at radius 1 is 0.857 bits per heavy atom. The van der Waals surface area contributed by atoms with Crippen LogP contribution in [-0.4, -0.2) is 25.0 Å². The standard InChI is InChI=1S/C22H21BrN2O3/c23-22-18-9-5-4-8-17(18)10-11-19(22)28-15-21(27)24-13-12-20(26)25-14-16-6-2-1-3-7-16/h1-11H,12-15H2,(H,24,27)(H,25,26). The van der Waals surface area contributed by atoms with Gasteiger partial charge in [-0.25, -0.2) is 0 Å². The van der Waals surface area contributed by atoms with E-state index in [4.69, 9.17) is 4.74 Å². The highest BCUT2D eigenvalue weighted by Gasteiger charge is 2.09. The van der Waals surface area contributed by atoms with Crippen molar-refractivity contribution < 1.29 is 14.3 Å². The molecule has 0 aliphatic rings. The van der Waals surface area contributed by atoms with E-state index >= 15 is 0 Å². The molecule has 0 spiro atoms. The maximum Gasteiger partial charge on any atom is 0.257 e. The normalized spacial score (nSPS) is 10.5. The van der Waals surface area contributed by atoms with Crippen LogP contribution in [0.3, 0.4) is 0 Å². The molecule has 144 valence electrons. The zero-order chi connectivity index (χ0) is 19.8. The van der Waals surface area contributed by atoms with E-state index in [-0.39, 0.29) is 31.4 Å². The molecular formula is C22H21BrN2O3. The first-order valence-electron chi connectivity index (χ1n) is 9.01. The Labute approximate surface area is 172 Å². The number of nitrogens with one attached hydrogen (secondary N) is 2. The van der Waals surface area contributed by atoms with Crippen LogP contribution in [0.1, 0.15) is 12.0 Å². The molecule has 0 unspecified atom stereocenters. The number of rotatable bonds is 8. The topological polar surface area (TPSA) is 67.4 Å². The van der Waals surface area contributed by atoms with E-state index < -0.39 is 0 Å². The fourth-order valence-corrected chi connectivity index (χ4v) is 3.33. The molecule has 3 aromatic carbocycles. The van der Waals surface area contributed by atoms with Gasteiger partial charge in [-0.05, 0) is 38.3 Å². The maximum absolute atomic E-state index is 12.0. The lowest BCUT2D eigenvalue weighted by Gasteiger charge is -2.11. The smallest absolute Gasteiger partial charge is 0.257 e. The summed E-state index contributed by atoms with van der Waals surface area (Å²) in [4.78, 5) is 23.8. The van der Waals surface area contributed by atoms with E-state index in [0.29, 0.717) is 12.3 Å². The third kappa shape index (κ3) is 5.57. The Morgan fingerprint density at radius 3 is 2.43 bits per heavy atom. The molecule has 2 N–H and O–H groups in total. The van der Waals surface area contributed by atoms with Crippen molar-refractivity contribution in [1.29, 1.82) is 0 Å². The summed E-state index contributed by atoms with van der Waals surface area (Å²) in [6.45, 7) is 0.636. The Bertz CT molecular complexity index is 960. The minimum Gasteiger partial charge on any atom is -0.483 e. The second-order valence-corrected chi connectivity index (χ2v) is 7.04. The summed E-state index contributed by atoms with van der Waals surface area (Å²) in [7, 11) is 0. The zero-order valence-corrected chi connectivity index (χ0v) is 16.9. The number of hydrogen-bond donors (Lipinski definition) is 2. The van der Waals surface area contributed by atoms with Crippen molar-refractivity contribution >= 4 is 38.5 Å². The molecule has 0 bridgehead atoms. The number of benzene rings is 3.